The van der Waals surface area contributed by atoms with E-state index in [0.29, 0.717) is 24.2 Å². The number of halogens is 1. The molecule has 24 heavy (non-hydrogen) atoms. The molecule has 3 rings (SSSR count). The van der Waals surface area contributed by atoms with Crippen molar-refractivity contribution in [2.24, 2.45) is 0 Å². The smallest absolute Gasteiger partial charge is 0.293 e. The molecule has 1 heterocycles. The highest BCUT2D eigenvalue weighted by Gasteiger charge is 2.18. The van der Waals surface area contributed by atoms with Gasteiger partial charge in [-0.1, -0.05) is 11.6 Å². The second kappa shape index (κ2) is 6.37. The fourth-order valence-corrected chi connectivity index (χ4v) is 2.83. The van der Waals surface area contributed by atoms with Crippen LogP contribution in [-0.4, -0.2) is 17.9 Å². The zero-order valence-corrected chi connectivity index (χ0v) is 13.6. The summed E-state index contributed by atoms with van der Waals surface area (Å²) >= 11 is 6.16. The van der Waals surface area contributed by atoms with E-state index in [1.807, 2.05) is 18.2 Å². The van der Waals surface area contributed by atoms with Crippen molar-refractivity contribution in [3.63, 3.8) is 0 Å². The fraction of sp³-hybridized carbons (Fsp3) is 0.188. The van der Waals surface area contributed by atoms with Crippen LogP contribution in [0.4, 0.5) is 28.4 Å². The molecule has 0 fully saturated rings. The number of rotatable bonds is 4. The van der Waals surface area contributed by atoms with Crippen LogP contribution in [0.2, 0.25) is 5.02 Å². The molecule has 2 aromatic rings. The molecule has 0 bridgehead atoms. The first-order valence-corrected chi connectivity index (χ1v) is 7.71. The van der Waals surface area contributed by atoms with E-state index in [9.17, 15) is 14.9 Å². The monoisotopic (exact) mass is 346 g/mol. The van der Waals surface area contributed by atoms with Gasteiger partial charge >= 0.3 is 0 Å². The van der Waals surface area contributed by atoms with E-state index in [1.165, 1.54) is 6.07 Å². The van der Waals surface area contributed by atoms with Crippen molar-refractivity contribution in [3.05, 3.63) is 51.0 Å². The minimum atomic E-state index is -0.483. The molecule has 0 spiro atoms. The maximum absolute atomic E-state index is 11.4. The summed E-state index contributed by atoms with van der Waals surface area (Å²) in [4.78, 5) is 22.0. The van der Waals surface area contributed by atoms with Crippen LogP contribution in [0.3, 0.4) is 0 Å². The Hall–Kier alpha value is -2.80. The zero-order valence-electron chi connectivity index (χ0n) is 12.9. The van der Waals surface area contributed by atoms with Crippen molar-refractivity contribution in [3.8, 4) is 0 Å². The molecule has 0 radical (unpaired) electrons. The quantitative estimate of drug-likeness (QED) is 0.576. The van der Waals surface area contributed by atoms with E-state index < -0.39 is 4.92 Å². The Kier molecular flexibility index (Phi) is 4.26. The maximum Gasteiger partial charge on any atom is 0.293 e. The number of carbonyl (C=O) groups excluding carboxylic acids is 1. The van der Waals surface area contributed by atoms with Crippen LogP contribution in [-0.2, 0) is 11.2 Å². The van der Waals surface area contributed by atoms with E-state index in [1.54, 1.807) is 13.1 Å². The molecule has 0 aromatic heterocycles. The summed E-state index contributed by atoms with van der Waals surface area (Å²) < 4.78 is 0. The zero-order chi connectivity index (χ0) is 17.3. The van der Waals surface area contributed by atoms with Crippen molar-refractivity contribution in [2.45, 2.75) is 12.8 Å². The number of nitro groups is 1. The molecule has 0 saturated heterocycles. The predicted molar refractivity (Wildman–Crippen MR) is 94.3 cm³/mol. The molecule has 2 aromatic carbocycles. The number of carbonyl (C=O) groups is 1. The van der Waals surface area contributed by atoms with E-state index in [-0.39, 0.29) is 16.6 Å². The molecular weight excluding hydrogens is 332 g/mol. The Morgan fingerprint density at radius 3 is 2.71 bits per heavy atom. The summed E-state index contributed by atoms with van der Waals surface area (Å²) in [5.41, 5.74) is 3.49. The second-order valence-electron chi connectivity index (χ2n) is 5.40. The van der Waals surface area contributed by atoms with E-state index in [0.717, 1.165) is 16.9 Å². The SMILES string of the molecule is CNc1cc(Nc2ccc3c(c2)CCC(=O)N3)c(Cl)cc1[N+](=O)[O-]. The van der Waals surface area contributed by atoms with Gasteiger partial charge in [-0.3, -0.25) is 14.9 Å². The summed E-state index contributed by atoms with van der Waals surface area (Å²) in [7, 11) is 1.61. The summed E-state index contributed by atoms with van der Waals surface area (Å²) in [6, 6.07) is 8.50. The molecule has 7 nitrogen and oxygen atoms in total. The number of hydrogen-bond donors (Lipinski definition) is 3. The Morgan fingerprint density at radius 2 is 2.00 bits per heavy atom. The average Bonchev–Trinajstić information content (AvgIpc) is 2.56. The minimum absolute atomic E-state index is 0.0142. The number of nitrogens with zero attached hydrogens (tertiary/aromatic N) is 1. The van der Waals surface area contributed by atoms with Crippen molar-refractivity contribution in [1.29, 1.82) is 0 Å². The van der Waals surface area contributed by atoms with Gasteiger partial charge in [0.05, 0.1) is 15.6 Å². The third-order valence-corrected chi connectivity index (χ3v) is 4.14. The largest absolute Gasteiger partial charge is 0.383 e. The van der Waals surface area contributed by atoms with Gasteiger partial charge in [0.1, 0.15) is 5.69 Å². The van der Waals surface area contributed by atoms with Crippen LogP contribution in [0.25, 0.3) is 0 Å². The van der Waals surface area contributed by atoms with E-state index in [2.05, 4.69) is 16.0 Å². The van der Waals surface area contributed by atoms with Crippen LogP contribution in [0.1, 0.15) is 12.0 Å². The lowest BCUT2D eigenvalue weighted by Crippen LogP contribution is -2.18. The van der Waals surface area contributed by atoms with Crippen molar-refractivity contribution < 1.29 is 9.72 Å². The topological polar surface area (TPSA) is 96.3 Å². The third-order valence-electron chi connectivity index (χ3n) is 3.83. The number of anilines is 4. The molecule has 124 valence electrons. The van der Waals surface area contributed by atoms with Crippen molar-refractivity contribution >= 4 is 45.9 Å². The van der Waals surface area contributed by atoms with Gasteiger partial charge in [-0.05, 0) is 36.2 Å². The predicted octanol–water partition coefficient (Wildman–Crippen LogP) is 3.92. The molecule has 0 atom stereocenters. The highest BCUT2D eigenvalue weighted by molar-refractivity contribution is 6.33. The summed E-state index contributed by atoms with van der Waals surface area (Å²) in [6.07, 6.45) is 1.13. The van der Waals surface area contributed by atoms with Crippen molar-refractivity contribution in [1.82, 2.24) is 0 Å². The summed E-state index contributed by atoms with van der Waals surface area (Å²) in [5.74, 6) is 0.0142. The van der Waals surface area contributed by atoms with E-state index in [4.69, 9.17) is 11.6 Å². The normalized spacial score (nSPS) is 13.0. The Bertz CT molecular complexity index is 838. The van der Waals surface area contributed by atoms with E-state index >= 15 is 0 Å². The molecule has 8 heteroatoms. The number of nitrogens with one attached hydrogen (secondary N) is 3. The van der Waals surface area contributed by atoms with Crippen LogP contribution in [0.15, 0.2) is 30.3 Å². The first-order valence-electron chi connectivity index (χ1n) is 7.33. The second-order valence-corrected chi connectivity index (χ2v) is 5.81. The fourth-order valence-electron chi connectivity index (χ4n) is 2.63. The first-order chi connectivity index (χ1) is 11.5. The molecule has 1 aliphatic heterocycles. The molecule has 1 aliphatic rings. The van der Waals surface area contributed by atoms with Crippen LogP contribution < -0.4 is 16.0 Å². The van der Waals surface area contributed by atoms with Gasteiger partial charge in [0, 0.05) is 30.9 Å². The molecular formula is C16H15ClN4O3. The lowest BCUT2D eigenvalue weighted by Gasteiger charge is -2.18. The number of benzene rings is 2. The lowest BCUT2D eigenvalue weighted by molar-refractivity contribution is -0.383. The van der Waals surface area contributed by atoms with Crippen molar-refractivity contribution in [2.75, 3.05) is 23.0 Å². The summed E-state index contributed by atoms with van der Waals surface area (Å²) in [5, 5.41) is 20.1. The standard InChI is InChI=1S/C16H15ClN4O3/c1-18-14-8-13(11(17)7-15(14)21(23)24)19-10-3-4-12-9(6-10)2-5-16(22)20-12/h3-4,6-8,18-19H,2,5H2,1H3,(H,20,22). The highest BCUT2D eigenvalue weighted by Crippen LogP contribution is 2.36. The van der Waals surface area contributed by atoms with Gasteiger partial charge in [0.2, 0.25) is 5.91 Å². The number of amides is 1. The third kappa shape index (κ3) is 3.11. The van der Waals surface area contributed by atoms with Crippen LogP contribution in [0.5, 0.6) is 0 Å². The number of nitro benzene ring substituents is 1. The molecule has 1 amide bonds. The Morgan fingerprint density at radius 1 is 1.21 bits per heavy atom. The van der Waals surface area contributed by atoms with Gasteiger partial charge in [0.25, 0.3) is 5.69 Å². The van der Waals surface area contributed by atoms with Gasteiger partial charge in [-0.25, -0.2) is 0 Å². The van der Waals surface area contributed by atoms with Gasteiger partial charge in [-0.15, -0.1) is 0 Å². The van der Waals surface area contributed by atoms with Crippen LogP contribution >= 0.6 is 11.6 Å². The molecule has 0 aliphatic carbocycles. The summed E-state index contributed by atoms with van der Waals surface area (Å²) in [6.45, 7) is 0. The Balaban J connectivity index is 1.91. The molecule has 0 saturated carbocycles. The minimum Gasteiger partial charge on any atom is -0.383 e. The van der Waals surface area contributed by atoms with Gasteiger partial charge in [0.15, 0.2) is 0 Å². The molecule has 3 N–H and O–H groups in total. The average molecular weight is 347 g/mol. The number of hydrogen-bond acceptors (Lipinski definition) is 5. The van der Waals surface area contributed by atoms with Gasteiger partial charge < -0.3 is 16.0 Å². The lowest BCUT2D eigenvalue weighted by atomic mass is 10.0. The molecule has 0 unspecified atom stereocenters. The number of aryl methyl sites for hydroxylation is 1. The Labute approximate surface area is 143 Å². The van der Waals surface area contributed by atoms with Gasteiger partial charge in [-0.2, -0.15) is 0 Å². The maximum atomic E-state index is 11.4. The first kappa shape index (κ1) is 16.1. The highest BCUT2D eigenvalue weighted by atomic mass is 35.5. The number of fused-ring (bicyclic) bond motifs is 1. The van der Waals surface area contributed by atoms with Crippen LogP contribution in [0, 0.1) is 10.1 Å².